The van der Waals surface area contributed by atoms with E-state index in [0.29, 0.717) is 0 Å². The van der Waals surface area contributed by atoms with Crippen molar-refractivity contribution in [2.24, 2.45) is 4.99 Å². The van der Waals surface area contributed by atoms with Gasteiger partial charge in [0.25, 0.3) is 0 Å². The van der Waals surface area contributed by atoms with E-state index in [1.807, 2.05) is 33.0 Å². The van der Waals surface area contributed by atoms with Crippen LogP contribution in [0.1, 0.15) is 19.4 Å². The molecule has 0 amide bonds. The van der Waals surface area contributed by atoms with Crippen LogP contribution in [-0.2, 0) is 6.54 Å². The Bertz CT molecular complexity index is 395. The highest BCUT2D eigenvalue weighted by atomic mass is 19.1. The Morgan fingerprint density at radius 2 is 1.75 bits per heavy atom. The molecular formula is C15H25FN4. The fourth-order valence-corrected chi connectivity index (χ4v) is 1.82. The number of benzene rings is 1. The Balaban J connectivity index is 2.36. The zero-order valence-electron chi connectivity index (χ0n) is 12.6. The first-order valence-electron chi connectivity index (χ1n) is 7.10. The summed E-state index contributed by atoms with van der Waals surface area (Å²) >= 11 is 0. The highest BCUT2D eigenvalue weighted by molar-refractivity contribution is 5.79. The number of hydrogen-bond acceptors (Lipinski definition) is 2. The number of nitrogens with one attached hydrogen (secondary N) is 2. The van der Waals surface area contributed by atoms with Gasteiger partial charge in [-0.1, -0.05) is 12.1 Å². The largest absolute Gasteiger partial charge is 0.357 e. The Labute approximate surface area is 121 Å². The quantitative estimate of drug-likeness (QED) is 0.591. The van der Waals surface area contributed by atoms with Crippen LogP contribution < -0.4 is 10.6 Å². The lowest BCUT2D eigenvalue weighted by Crippen LogP contribution is -2.37. The fraction of sp³-hybridized carbons (Fsp3) is 0.533. The van der Waals surface area contributed by atoms with Gasteiger partial charge in [-0.3, -0.25) is 4.99 Å². The van der Waals surface area contributed by atoms with Gasteiger partial charge >= 0.3 is 0 Å². The summed E-state index contributed by atoms with van der Waals surface area (Å²) in [7, 11) is 2.04. The summed E-state index contributed by atoms with van der Waals surface area (Å²) in [6.07, 6.45) is 0. The maximum atomic E-state index is 12.8. The first-order valence-corrected chi connectivity index (χ1v) is 7.10. The minimum atomic E-state index is -0.193. The maximum Gasteiger partial charge on any atom is 0.191 e. The van der Waals surface area contributed by atoms with Crippen molar-refractivity contribution < 1.29 is 4.39 Å². The third-order valence-corrected chi connectivity index (χ3v) is 2.81. The molecule has 0 atom stereocenters. The molecule has 0 radical (unpaired) electrons. The molecule has 0 unspecified atom stereocenters. The summed E-state index contributed by atoms with van der Waals surface area (Å²) in [5.74, 6) is 0.659. The van der Waals surface area contributed by atoms with Crippen LogP contribution in [-0.4, -0.2) is 44.1 Å². The summed E-state index contributed by atoms with van der Waals surface area (Å²) in [6.45, 7) is 8.20. The summed E-state index contributed by atoms with van der Waals surface area (Å²) in [5, 5.41) is 6.38. The van der Waals surface area contributed by atoms with Gasteiger partial charge in [-0.2, -0.15) is 0 Å². The number of aliphatic imine (C=N–C) groups is 1. The molecule has 0 aliphatic heterocycles. The van der Waals surface area contributed by atoms with Crippen LogP contribution in [0.15, 0.2) is 29.3 Å². The third-order valence-electron chi connectivity index (χ3n) is 2.81. The summed E-state index contributed by atoms with van der Waals surface area (Å²) in [5.41, 5.74) is 1.11. The SMILES string of the molecule is CCNC(=NCCN(C)Cc1ccc(F)cc1)NCC. The van der Waals surface area contributed by atoms with Crippen molar-refractivity contribution in [3.63, 3.8) is 0 Å². The number of nitrogens with zero attached hydrogens (tertiary/aromatic N) is 2. The number of rotatable bonds is 7. The van der Waals surface area contributed by atoms with E-state index in [9.17, 15) is 4.39 Å². The smallest absolute Gasteiger partial charge is 0.191 e. The molecule has 4 nitrogen and oxygen atoms in total. The van der Waals surface area contributed by atoms with E-state index in [-0.39, 0.29) is 5.82 Å². The number of hydrogen-bond donors (Lipinski definition) is 2. The van der Waals surface area contributed by atoms with Crippen LogP contribution >= 0.6 is 0 Å². The summed E-state index contributed by atoms with van der Waals surface area (Å²) < 4.78 is 12.8. The van der Waals surface area contributed by atoms with Crippen LogP contribution in [0.4, 0.5) is 4.39 Å². The van der Waals surface area contributed by atoms with Crippen LogP contribution in [0.5, 0.6) is 0 Å². The molecule has 0 aliphatic carbocycles. The van der Waals surface area contributed by atoms with Crippen molar-refractivity contribution >= 4 is 5.96 Å². The van der Waals surface area contributed by atoms with E-state index in [0.717, 1.165) is 44.2 Å². The third kappa shape index (κ3) is 6.52. The first kappa shape index (κ1) is 16.4. The summed E-state index contributed by atoms with van der Waals surface area (Å²) in [6, 6.07) is 6.63. The van der Waals surface area contributed by atoms with Crippen molar-refractivity contribution in [2.75, 3.05) is 33.2 Å². The average Bonchev–Trinajstić information content (AvgIpc) is 2.42. The highest BCUT2D eigenvalue weighted by Gasteiger charge is 2.01. The zero-order chi connectivity index (χ0) is 14.8. The molecule has 1 rings (SSSR count). The van der Waals surface area contributed by atoms with Crippen LogP contribution in [0.2, 0.25) is 0 Å². The van der Waals surface area contributed by atoms with E-state index in [1.54, 1.807) is 0 Å². The monoisotopic (exact) mass is 280 g/mol. The molecule has 1 aromatic rings. The van der Waals surface area contributed by atoms with Gasteiger partial charge in [0.05, 0.1) is 6.54 Å². The van der Waals surface area contributed by atoms with Crippen LogP contribution in [0.3, 0.4) is 0 Å². The minimum Gasteiger partial charge on any atom is -0.357 e. The predicted molar refractivity (Wildman–Crippen MR) is 82.4 cm³/mol. The molecule has 2 N–H and O–H groups in total. The van der Waals surface area contributed by atoms with Crippen LogP contribution in [0, 0.1) is 5.82 Å². The van der Waals surface area contributed by atoms with Gasteiger partial charge in [0, 0.05) is 26.2 Å². The molecular weight excluding hydrogens is 255 g/mol. The highest BCUT2D eigenvalue weighted by Crippen LogP contribution is 2.05. The lowest BCUT2D eigenvalue weighted by molar-refractivity contribution is 0.336. The van der Waals surface area contributed by atoms with E-state index >= 15 is 0 Å². The molecule has 20 heavy (non-hydrogen) atoms. The second kappa shape index (κ2) is 9.31. The normalized spacial score (nSPS) is 10.4. The van der Waals surface area contributed by atoms with E-state index < -0.39 is 0 Å². The average molecular weight is 280 g/mol. The van der Waals surface area contributed by atoms with Crippen molar-refractivity contribution in [3.8, 4) is 0 Å². The maximum absolute atomic E-state index is 12.8. The van der Waals surface area contributed by atoms with Gasteiger partial charge in [-0.25, -0.2) is 4.39 Å². The molecule has 0 spiro atoms. The topological polar surface area (TPSA) is 39.7 Å². The van der Waals surface area contributed by atoms with Gasteiger partial charge in [0.15, 0.2) is 5.96 Å². The van der Waals surface area contributed by atoms with Crippen LogP contribution in [0.25, 0.3) is 0 Å². The molecule has 112 valence electrons. The first-order chi connectivity index (χ1) is 9.65. The lowest BCUT2D eigenvalue weighted by atomic mass is 10.2. The Kier molecular flexibility index (Phi) is 7.65. The van der Waals surface area contributed by atoms with Gasteiger partial charge < -0.3 is 15.5 Å². The minimum absolute atomic E-state index is 0.193. The number of halogens is 1. The van der Waals surface area contributed by atoms with Crippen molar-refractivity contribution in [2.45, 2.75) is 20.4 Å². The van der Waals surface area contributed by atoms with Gasteiger partial charge in [0.2, 0.25) is 0 Å². The van der Waals surface area contributed by atoms with Crippen molar-refractivity contribution in [3.05, 3.63) is 35.6 Å². The molecule has 0 bridgehead atoms. The molecule has 0 saturated carbocycles. The van der Waals surface area contributed by atoms with Crippen molar-refractivity contribution in [1.29, 1.82) is 0 Å². The lowest BCUT2D eigenvalue weighted by Gasteiger charge is -2.16. The number of guanidine groups is 1. The Morgan fingerprint density at radius 3 is 2.30 bits per heavy atom. The second-order valence-corrected chi connectivity index (χ2v) is 4.66. The second-order valence-electron chi connectivity index (χ2n) is 4.66. The molecule has 0 heterocycles. The molecule has 0 saturated heterocycles. The fourth-order valence-electron chi connectivity index (χ4n) is 1.82. The molecule has 5 heteroatoms. The van der Waals surface area contributed by atoms with Gasteiger partial charge in [-0.05, 0) is 38.6 Å². The molecule has 0 fully saturated rings. The van der Waals surface area contributed by atoms with E-state index in [1.165, 1.54) is 12.1 Å². The zero-order valence-corrected chi connectivity index (χ0v) is 12.6. The van der Waals surface area contributed by atoms with Gasteiger partial charge in [0.1, 0.15) is 5.82 Å². The van der Waals surface area contributed by atoms with E-state index in [4.69, 9.17) is 0 Å². The molecule has 1 aromatic carbocycles. The Morgan fingerprint density at radius 1 is 1.15 bits per heavy atom. The molecule has 0 aromatic heterocycles. The van der Waals surface area contributed by atoms with E-state index in [2.05, 4.69) is 20.5 Å². The van der Waals surface area contributed by atoms with Crippen molar-refractivity contribution in [1.82, 2.24) is 15.5 Å². The Hall–Kier alpha value is -1.62. The predicted octanol–water partition coefficient (Wildman–Crippen LogP) is 1.83. The molecule has 0 aliphatic rings. The standard InChI is InChI=1S/C15H25FN4/c1-4-17-15(18-5-2)19-10-11-20(3)12-13-6-8-14(16)9-7-13/h6-9H,4-5,10-12H2,1-3H3,(H2,17,18,19). The number of likely N-dealkylation sites (N-methyl/N-ethyl adjacent to an activating group) is 1. The summed E-state index contributed by atoms with van der Waals surface area (Å²) in [4.78, 5) is 6.66. The van der Waals surface area contributed by atoms with Gasteiger partial charge in [-0.15, -0.1) is 0 Å².